The van der Waals surface area contributed by atoms with Gasteiger partial charge in [0.2, 0.25) is 0 Å². The number of hydrogen-bond acceptors (Lipinski definition) is 2. The summed E-state index contributed by atoms with van der Waals surface area (Å²) in [5.41, 5.74) is 0.868. The van der Waals surface area contributed by atoms with Crippen LogP contribution in [-0.4, -0.2) is 5.84 Å². The Morgan fingerprint density at radius 1 is 1.20 bits per heavy atom. The third-order valence-electron chi connectivity index (χ3n) is 0.849. The molecular formula is C6H10IN3. The molecule has 0 unspecified atom stereocenters. The first-order chi connectivity index (χ1) is 4.54. The molecule has 1 N–H and O–H groups in total. The quantitative estimate of drug-likeness (QED) is 0.322. The van der Waals surface area contributed by atoms with E-state index in [1.807, 2.05) is 13.8 Å². The monoisotopic (exact) mass is 251 g/mol. The van der Waals surface area contributed by atoms with Crippen molar-refractivity contribution < 1.29 is 0 Å². The van der Waals surface area contributed by atoms with E-state index in [2.05, 4.69) is 32.8 Å². The molecule has 4 heteroatoms. The number of hydrogen-bond donors (Lipinski definition) is 1. The number of nitrogens with zero attached hydrogens (tertiary/aromatic N) is 2. The van der Waals surface area contributed by atoms with Crippen LogP contribution in [0.1, 0.15) is 20.8 Å². The summed E-state index contributed by atoms with van der Waals surface area (Å²) in [7, 11) is 0. The normalized spacial score (nSPS) is 13.6. The van der Waals surface area contributed by atoms with E-state index in [0.29, 0.717) is 0 Å². The second kappa shape index (κ2) is 4.54. The van der Waals surface area contributed by atoms with Crippen molar-refractivity contribution >= 4 is 28.4 Å². The maximum absolute atomic E-state index is 6.94. The van der Waals surface area contributed by atoms with E-state index in [1.54, 1.807) is 6.92 Å². The molecule has 0 aliphatic carbocycles. The molecule has 0 saturated carbocycles. The molecule has 10 heavy (non-hydrogen) atoms. The first kappa shape index (κ1) is 9.74. The fraction of sp³-hybridized carbons (Fsp3) is 0.500. The molecule has 0 aromatic carbocycles. The van der Waals surface area contributed by atoms with E-state index in [0.717, 1.165) is 9.28 Å². The summed E-state index contributed by atoms with van der Waals surface area (Å²) in [6.45, 7) is 5.42. The smallest absolute Gasteiger partial charge is 0.140 e. The predicted octanol–water partition coefficient (Wildman–Crippen LogP) is 3.12. The highest BCUT2D eigenvalue weighted by Gasteiger charge is 1.88. The van der Waals surface area contributed by atoms with Crippen LogP contribution in [0, 0.1) is 5.41 Å². The third-order valence-corrected chi connectivity index (χ3v) is 1.63. The highest BCUT2D eigenvalue weighted by molar-refractivity contribution is 14.1. The fourth-order valence-corrected chi connectivity index (χ4v) is 0.327. The summed E-state index contributed by atoms with van der Waals surface area (Å²) in [6.07, 6.45) is 0. The molecule has 0 aromatic rings. The van der Waals surface area contributed by atoms with Gasteiger partial charge in [-0.25, -0.2) is 0 Å². The molecule has 0 spiro atoms. The Morgan fingerprint density at radius 3 is 2.00 bits per heavy atom. The second-order valence-electron chi connectivity index (χ2n) is 1.90. The lowest BCUT2D eigenvalue weighted by Crippen LogP contribution is -1.78. The van der Waals surface area contributed by atoms with E-state index in [9.17, 15) is 0 Å². The molecular weight excluding hydrogens is 241 g/mol. The maximum Gasteiger partial charge on any atom is 0.140 e. The predicted molar refractivity (Wildman–Crippen MR) is 50.7 cm³/mol. The zero-order chi connectivity index (χ0) is 8.15. The number of halogens is 1. The van der Waals surface area contributed by atoms with Gasteiger partial charge in [0.1, 0.15) is 5.84 Å². The van der Waals surface area contributed by atoms with E-state index < -0.39 is 0 Å². The van der Waals surface area contributed by atoms with Crippen LogP contribution >= 0.6 is 22.6 Å². The van der Waals surface area contributed by atoms with Crippen molar-refractivity contribution in [3.63, 3.8) is 0 Å². The first-order valence-electron chi connectivity index (χ1n) is 2.84. The Balaban J connectivity index is 4.16. The van der Waals surface area contributed by atoms with E-state index in [4.69, 9.17) is 5.41 Å². The largest absolute Gasteiger partial charge is 0.285 e. The van der Waals surface area contributed by atoms with Crippen molar-refractivity contribution in [3.8, 4) is 0 Å². The minimum Gasteiger partial charge on any atom is -0.285 e. The summed E-state index contributed by atoms with van der Waals surface area (Å²) in [5.74, 6) is 0.233. The lowest BCUT2D eigenvalue weighted by Gasteiger charge is -1.90. The molecule has 0 amide bonds. The minimum atomic E-state index is 0.233. The molecule has 0 aliphatic rings. The molecule has 0 aromatic heterocycles. The zero-order valence-corrected chi connectivity index (χ0v) is 8.43. The molecule has 0 radical (unpaired) electrons. The molecule has 0 fully saturated rings. The van der Waals surface area contributed by atoms with Crippen LogP contribution < -0.4 is 0 Å². The van der Waals surface area contributed by atoms with Gasteiger partial charge in [-0.05, 0) is 43.4 Å². The first-order valence-corrected chi connectivity index (χ1v) is 3.91. The molecule has 0 saturated heterocycles. The number of rotatable bonds is 1. The van der Waals surface area contributed by atoms with Crippen LogP contribution in [0.25, 0.3) is 0 Å². The van der Waals surface area contributed by atoms with E-state index >= 15 is 0 Å². The van der Waals surface area contributed by atoms with Crippen molar-refractivity contribution in [1.29, 1.82) is 5.41 Å². The number of allylic oxidation sites excluding steroid dienone is 2. The van der Waals surface area contributed by atoms with Crippen LogP contribution in [0.2, 0.25) is 0 Å². The van der Waals surface area contributed by atoms with Gasteiger partial charge in [-0.2, -0.15) is 5.11 Å². The average Bonchev–Trinajstić information content (AvgIpc) is 1.82. The topological polar surface area (TPSA) is 48.6 Å². The van der Waals surface area contributed by atoms with Gasteiger partial charge in [0, 0.05) is 3.58 Å². The Labute approximate surface area is 74.3 Å². The summed E-state index contributed by atoms with van der Waals surface area (Å²) in [6, 6.07) is 0. The van der Waals surface area contributed by atoms with Gasteiger partial charge in [-0.15, -0.1) is 5.11 Å². The Kier molecular flexibility index (Phi) is 4.42. The van der Waals surface area contributed by atoms with Gasteiger partial charge in [0.15, 0.2) is 0 Å². The van der Waals surface area contributed by atoms with Crippen molar-refractivity contribution in [2.24, 2.45) is 10.2 Å². The lowest BCUT2D eigenvalue weighted by molar-refractivity contribution is 1.12. The van der Waals surface area contributed by atoms with Crippen LogP contribution in [-0.2, 0) is 0 Å². The minimum absolute atomic E-state index is 0.233. The Bertz CT molecular complexity index is 189. The Hall–Kier alpha value is -0.260. The van der Waals surface area contributed by atoms with Crippen LogP contribution in [0.3, 0.4) is 0 Å². The van der Waals surface area contributed by atoms with Crippen LogP contribution in [0.15, 0.2) is 19.5 Å². The maximum atomic E-state index is 6.94. The van der Waals surface area contributed by atoms with Crippen LogP contribution in [0.4, 0.5) is 0 Å². The summed E-state index contributed by atoms with van der Waals surface area (Å²) in [5, 5.41) is 14.3. The molecule has 0 rings (SSSR count). The molecule has 0 heterocycles. The van der Waals surface area contributed by atoms with Crippen molar-refractivity contribution in [1.82, 2.24) is 0 Å². The van der Waals surface area contributed by atoms with Gasteiger partial charge >= 0.3 is 0 Å². The van der Waals surface area contributed by atoms with Gasteiger partial charge in [0.05, 0.1) is 5.70 Å². The lowest BCUT2D eigenvalue weighted by atomic mass is 10.5. The van der Waals surface area contributed by atoms with Gasteiger partial charge < -0.3 is 0 Å². The SMILES string of the molecule is CC(=N)N=NC(C)=C(C)I. The summed E-state index contributed by atoms with van der Waals surface area (Å²) >= 11 is 2.17. The second-order valence-corrected chi connectivity index (χ2v) is 3.52. The van der Waals surface area contributed by atoms with Crippen LogP contribution in [0.5, 0.6) is 0 Å². The third kappa shape index (κ3) is 4.60. The average molecular weight is 251 g/mol. The molecule has 0 bridgehead atoms. The zero-order valence-electron chi connectivity index (χ0n) is 6.27. The van der Waals surface area contributed by atoms with E-state index in [1.165, 1.54) is 0 Å². The molecule has 56 valence electrons. The Morgan fingerprint density at radius 2 is 1.70 bits per heavy atom. The van der Waals surface area contributed by atoms with E-state index in [-0.39, 0.29) is 5.84 Å². The van der Waals surface area contributed by atoms with Gasteiger partial charge in [-0.3, -0.25) is 5.41 Å². The summed E-state index contributed by atoms with van der Waals surface area (Å²) < 4.78 is 1.10. The summed E-state index contributed by atoms with van der Waals surface area (Å²) in [4.78, 5) is 0. The number of amidine groups is 1. The number of azo groups is 1. The molecule has 0 aliphatic heterocycles. The molecule has 0 atom stereocenters. The van der Waals surface area contributed by atoms with Crippen molar-refractivity contribution in [3.05, 3.63) is 9.28 Å². The van der Waals surface area contributed by atoms with Crippen molar-refractivity contribution in [2.45, 2.75) is 20.8 Å². The highest BCUT2D eigenvalue weighted by atomic mass is 127. The van der Waals surface area contributed by atoms with Crippen molar-refractivity contribution in [2.75, 3.05) is 0 Å². The van der Waals surface area contributed by atoms with Gasteiger partial charge in [-0.1, -0.05) is 0 Å². The molecule has 3 nitrogen and oxygen atoms in total. The number of nitrogens with one attached hydrogen (secondary N) is 1. The standard InChI is InChI=1S/C6H10IN3/c1-4(7)5(2)9-10-6(3)8/h8H,1-3H3. The van der Waals surface area contributed by atoms with Gasteiger partial charge in [0.25, 0.3) is 0 Å². The highest BCUT2D eigenvalue weighted by Crippen LogP contribution is 2.11. The fourth-order valence-electron chi connectivity index (χ4n) is 0.219.